The lowest BCUT2D eigenvalue weighted by Crippen LogP contribution is -2.19. The fraction of sp³-hybridized carbons (Fsp3) is 0.143. The first kappa shape index (κ1) is 12.1. The second-order valence-electron chi connectivity index (χ2n) is 3.92. The van der Waals surface area contributed by atoms with E-state index in [9.17, 15) is 4.79 Å². The molecule has 1 amide bonds. The third-order valence-electron chi connectivity index (χ3n) is 2.48. The maximum Gasteiger partial charge on any atom is 0.244 e. The van der Waals surface area contributed by atoms with Crippen LogP contribution in [0, 0.1) is 6.92 Å². The van der Waals surface area contributed by atoms with E-state index in [2.05, 4.69) is 10.5 Å². The van der Waals surface area contributed by atoms with E-state index < -0.39 is 0 Å². The molecule has 18 heavy (non-hydrogen) atoms. The highest BCUT2D eigenvalue weighted by Gasteiger charge is 2.01. The first-order valence-corrected chi connectivity index (χ1v) is 5.65. The molecule has 0 radical (unpaired) electrons. The summed E-state index contributed by atoms with van der Waals surface area (Å²) in [5.74, 6) is 0.497. The minimum atomic E-state index is -0.151. The number of furan rings is 1. The van der Waals surface area contributed by atoms with Gasteiger partial charge in [0.2, 0.25) is 5.91 Å². The Morgan fingerprint density at radius 2 is 2.11 bits per heavy atom. The zero-order chi connectivity index (χ0) is 12.8. The average molecular weight is 242 g/mol. The summed E-state index contributed by atoms with van der Waals surface area (Å²) in [6, 6.07) is 11.4. The number of nitrogens with one attached hydrogen (secondary N) is 1. The molecule has 0 fully saturated rings. The summed E-state index contributed by atoms with van der Waals surface area (Å²) in [7, 11) is 0. The van der Waals surface area contributed by atoms with Crippen LogP contribution >= 0.6 is 0 Å². The largest absolute Gasteiger partial charge is 0.463 e. The van der Waals surface area contributed by atoms with Gasteiger partial charge in [0.05, 0.1) is 18.9 Å². The molecule has 4 nitrogen and oxygen atoms in total. The number of rotatable bonds is 4. The molecule has 1 heterocycles. The molecule has 2 aromatic rings. The second-order valence-corrected chi connectivity index (χ2v) is 3.92. The molecule has 0 saturated heterocycles. The summed E-state index contributed by atoms with van der Waals surface area (Å²) in [4.78, 5) is 11.6. The van der Waals surface area contributed by atoms with Gasteiger partial charge in [-0.25, -0.2) is 5.43 Å². The van der Waals surface area contributed by atoms with Crippen LogP contribution in [0.1, 0.15) is 16.9 Å². The maximum atomic E-state index is 11.6. The van der Waals surface area contributed by atoms with Gasteiger partial charge in [0, 0.05) is 0 Å². The van der Waals surface area contributed by atoms with Crippen LogP contribution in [-0.4, -0.2) is 12.1 Å². The van der Waals surface area contributed by atoms with Crippen molar-refractivity contribution in [1.82, 2.24) is 5.43 Å². The van der Waals surface area contributed by atoms with Crippen LogP contribution in [0.3, 0.4) is 0 Å². The van der Waals surface area contributed by atoms with E-state index in [4.69, 9.17) is 4.42 Å². The Labute approximate surface area is 105 Å². The Hall–Kier alpha value is -2.36. The predicted molar refractivity (Wildman–Crippen MR) is 69.3 cm³/mol. The number of benzene rings is 1. The van der Waals surface area contributed by atoms with Gasteiger partial charge in [-0.05, 0) is 24.1 Å². The highest BCUT2D eigenvalue weighted by Crippen LogP contribution is 2.04. The topological polar surface area (TPSA) is 54.6 Å². The smallest absolute Gasteiger partial charge is 0.244 e. The molecule has 0 aliphatic heterocycles. The molecule has 2 rings (SSSR count). The zero-order valence-corrected chi connectivity index (χ0v) is 10.1. The Morgan fingerprint density at radius 3 is 2.78 bits per heavy atom. The van der Waals surface area contributed by atoms with Gasteiger partial charge in [-0.1, -0.05) is 30.3 Å². The Balaban J connectivity index is 1.86. The van der Waals surface area contributed by atoms with Crippen molar-refractivity contribution in [3.63, 3.8) is 0 Å². The van der Waals surface area contributed by atoms with Crippen molar-refractivity contribution < 1.29 is 9.21 Å². The van der Waals surface area contributed by atoms with Gasteiger partial charge in [-0.2, -0.15) is 5.10 Å². The zero-order valence-electron chi connectivity index (χ0n) is 10.1. The molecule has 0 spiro atoms. The first-order valence-electron chi connectivity index (χ1n) is 5.65. The van der Waals surface area contributed by atoms with Crippen LogP contribution in [0.4, 0.5) is 0 Å². The van der Waals surface area contributed by atoms with Gasteiger partial charge in [0.15, 0.2) is 0 Å². The van der Waals surface area contributed by atoms with Gasteiger partial charge < -0.3 is 4.42 Å². The molecule has 0 bridgehead atoms. The van der Waals surface area contributed by atoms with Crippen LogP contribution in [-0.2, 0) is 11.2 Å². The highest BCUT2D eigenvalue weighted by atomic mass is 16.3. The monoisotopic (exact) mass is 242 g/mol. The first-order chi connectivity index (χ1) is 8.75. The molecule has 1 aromatic heterocycles. The third-order valence-corrected chi connectivity index (χ3v) is 2.48. The molecular formula is C14H14N2O2. The van der Waals surface area contributed by atoms with E-state index in [0.717, 1.165) is 11.1 Å². The minimum Gasteiger partial charge on any atom is -0.463 e. The standard InChI is InChI=1S/C14H14N2O2/c1-11-7-8-18-13(11)10-15-16-14(17)9-12-5-3-2-4-6-12/h2-8,10H,9H2,1H3,(H,16,17)/b15-10+. The number of carbonyl (C=O) groups is 1. The Kier molecular flexibility index (Phi) is 3.91. The van der Waals surface area contributed by atoms with Gasteiger partial charge in [0.1, 0.15) is 5.76 Å². The second kappa shape index (κ2) is 5.82. The van der Waals surface area contributed by atoms with Gasteiger partial charge >= 0.3 is 0 Å². The molecule has 0 unspecified atom stereocenters. The summed E-state index contributed by atoms with van der Waals surface area (Å²) in [6.45, 7) is 1.91. The quantitative estimate of drug-likeness (QED) is 0.660. The number of hydrogen-bond donors (Lipinski definition) is 1. The van der Waals surface area contributed by atoms with E-state index in [1.165, 1.54) is 6.21 Å². The predicted octanol–water partition coefficient (Wildman–Crippen LogP) is 2.28. The number of aryl methyl sites for hydroxylation is 1. The van der Waals surface area contributed by atoms with Crippen molar-refractivity contribution in [2.45, 2.75) is 13.3 Å². The molecule has 0 aliphatic carbocycles. The molecule has 92 valence electrons. The Bertz CT molecular complexity index is 544. The molecule has 1 aromatic carbocycles. The number of hydrazone groups is 1. The van der Waals surface area contributed by atoms with Crippen LogP contribution < -0.4 is 5.43 Å². The summed E-state index contributed by atoms with van der Waals surface area (Å²) >= 11 is 0. The molecule has 0 aliphatic rings. The van der Waals surface area contributed by atoms with Gasteiger partial charge in [0.25, 0.3) is 0 Å². The third kappa shape index (κ3) is 3.31. The lowest BCUT2D eigenvalue weighted by Gasteiger charge is -1.99. The number of amides is 1. The summed E-state index contributed by atoms with van der Waals surface area (Å²) in [5, 5.41) is 3.85. The van der Waals surface area contributed by atoms with Crippen LogP contribution in [0.2, 0.25) is 0 Å². The van der Waals surface area contributed by atoms with E-state index in [1.807, 2.05) is 43.3 Å². The van der Waals surface area contributed by atoms with Crippen molar-refractivity contribution >= 4 is 12.1 Å². The normalized spacial score (nSPS) is 10.7. The van der Waals surface area contributed by atoms with Crippen molar-refractivity contribution in [2.24, 2.45) is 5.10 Å². The fourth-order valence-electron chi connectivity index (χ4n) is 1.50. The Morgan fingerprint density at radius 1 is 1.33 bits per heavy atom. The lowest BCUT2D eigenvalue weighted by atomic mass is 10.1. The number of nitrogens with zero attached hydrogens (tertiary/aromatic N) is 1. The molecule has 4 heteroatoms. The van der Waals surface area contributed by atoms with E-state index in [-0.39, 0.29) is 5.91 Å². The van der Waals surface area contributed by atoms with Crippen molar-refractivity contribution in [2.75, 3.05) is 0 Å². The molecule has 1 N–H and O–H groups in total. The summed E-state index contributed by atoms with van der Waals surface area (Å²) < 4.78 is 5.16. The lowest BCUT2D eigenvalue weighted by molar-refractivity contribution is -0.120. The molecule has 0 atom stereocenters. The van der Waals surface area contributed by atoms with Crippen molar-refractivity contribution in [1.29, 1.82) is 0 Å². The fourth-order valence-corrected chi connectivity index (χ4v) is 1.50. The van der Waals surface area contributed by atoms with Crippen LogP contribution in [0.5, 0.6) is 0 Å². The minimum absolute atomic E-state index is 0.151. The number of hydrogen-bond acceptors (Lipinski definition) is 3. The van der Waals surface area contributed by atoms with E-state index in [0.29, 0.717) is 12.2 Å². The summed E-state index contributed by atoms with van der Waals surface area (Å²) in [6.07, 6.45) is 3.40. The number of carbonyl (C=O) groups excluding carboxylic acids is 1. The van der Waals surface area contributed by atoms with Crippen LogP contribution in [0.25, 0.3) is 0 Å². The molecule has 0 saturated carbocycles. The SMILES string of the molecule is Cc1ccoc1/C=N/NC(=O)Cc1ccccc1. The van der Waals surface area contributed by atoms with Crippen molar-refractivity contribution in [3.05, 3.63) is 59.5 Å². The molecular weight excluding hydrogens is 228 g/mol. The maximum absolute atomic E-state index is 11.6. The van der Waals surface area contributed by atoms with Crippen LogP contribution in [0.15, 0.2) is 52.2 Å². The van der Waals surface area contributed by atoms with E-state index >= 15 is 0 Å². The van der Waals surface area contributed by atoms with Gasteiger partial charge in [-0.3, -0.25) is 4.79 Å². The van der Waals surface area contributed by atoms with Gasteiger partial charge in [-0.15, -0.1) is 0 Å². The van der Waals surface area contributed by atoms with E-state index in [1.54, 1.807) is 6.26 Å². The average Bonchev–Trinajstić information content (AvgIpc) is 2.76. The highest BCUT2D eigenvalue weighted by molar-refractivity contribution is 5.82. The van der Waals surface area contributed by atoms with Crippen molar-refractivity contribution in [3.8, 4) is 0 Å². The summed E-state index contributed by atoms with van der Waals surface area (Å²) in [5.41, 5.74) is 4.41.